The van der Waals surface area contributed by atoms with E-state index in [9.17, 15) is 4.79 Å². The molecule has 5 rings (SSSR count). The fourth-order valence-electron chi connectivity index (χ4n) is 4.05. The van der Waals surface area contributed by atoms with E-state index in [0.717, 1.165) is 58.7 Å². The van der Waals surface area contributed by atoms with Crippen LogP contribution in [0.1, 0.15) is 43.8 Å². The lowest BCUT2D eigenvalue weighted by Crippen LogP contribution is -2.32. The maximum Gasteiger partial charge on any atom is 0.271 e. The zero-order valence-corrected chi connectivity index (χ0v) is 16.7. The Hall–Kier alpha value is -1.83. The van der Waals surface area contributed by atoms with E-state index in [4.69, 9.17) is 19.4 Å². The number of fused-ring (bicyclic) bond motifs is 4. The van der Waals surface area contributed by atoms with Crippen molar-refractivity contribution in [3.05, 3.63) is 33.5 Å². The summed E-state index contributed by atoms with van der Waals surface area (Å²) < 4.78 is 14.1. The highest BCUT2D eigenvalue weighted by atomic mass is 32.1. The van der Waals surface area contributed by atoms with Gasteiger partial charge in [-0.05, 0) is 39.7 Å². The molecular formula is C20H23N3O3S. The van der Waals surface area contributed by atoms with Crippen LogP contribution in [0.15, 0.2) is 10.9 Å². The van der Waals surface area contributed by atoms with E-state index in [1.54, 1.807) is 4.57 Å². The molecule has 142 valence electrons. The van der Waals surface area contributed by atoms with Gasteiger partial charge in [0.05, 0.1) is 36.1 Å². The average Bonchev–Trinajstić information content (AvgIpc) is 3.24. The molecule has 2 aliphatic rings. The number of nitrogens with zero attached hydrogens (tertiary/aromatic N) is 3. The summed E-state index contributed by atoms with van der Waals surface area (Å²) in [5.41, 5.74) is 2.76. The Morgan fingerprint density at radius 3 is 3.00 bits per heavy atom. The summed E-state index contributed by atoms with van der Waals surface area (Å²) in [6.07, 6.45) is 2.95. The van der Waals surface area contributed by atoms with Crippen LogP contribution in [-0.4, -0.2) is 32.8 Å². The van der Waals surface area contributed by atoms with Crippen LogP contribution >= 0.6 is 11.3 Å². The molecule has 27 heavy (non-hydrogen) atoms. The molecule has 0 radical (unpaired) electrons. The molecule has 3 aromatic heterocycles. The van der Waals surface area contributed by atoms with Gasteiger partial charge in [0.25, 0.3) is 5.56 Å². The Kier molecular flexibility index (Phi) is 3.90. The molecule has 6 nitrogen and oxygen atoms in total. The van der Waals surface area contributed by atoms with Gasteiger partial charge in [-0.2, -0.15) is 0 Å². The van der Waals surface area contributed by atoms with Crippen LogP contribution in [0.5, 0.6) is 0 Å². The zero-order valence-electron chi connectivity index (χ0n) is 15.9. The molecule has 0 saturated carbocycles. The van der Waals surface area contributed by atoms with Crippen LogP contribution in [0, 0.1) is 6.92 Å². The van der Waals surface area contributed by atoms with Gasteiger partial charge in [-0.15, -0.1) is 11.3 Å². The second-order valence-electron chi connectivity index (χ2n) is 8.16. The van der Waals surface area contributed by atoms with E-state index in [1.165, 1.54) is 11.3 Å². The van der Waals surface area contributed by atoms with E-state index in [-0.39, 0.29) is 17.3 Å². The number of hydrogen-bond acceptors (Lipinski definition) is 6. The molecule has 3 aromatic rings. The molecular weight excluding hydrogens is 362 g/mol. The van der Waals surface area contributed by atoms with Crippen LogP contribution in [0.2, 0.25) is 0 Å². The minimum Gasteiger partial charge on any atom is -0.376 e. The molecule has 5 heterocycles. The molecule has 1 atom stereocenters. The van der Waals surface area contributed by atoms with Crippen molar-refractivity contribution in [2.75, 3.05) is 6.61 Å². The fourth-order valence-corrected chi connectivity index (χ4v) is 5.11. The lowest BCUT2D eigenvalue weighted by molar-refractivity contribution is -0.0411. The Morgan fingerprint density at radius 1 is 1.37 bits per heavy atom. The van der Waals surface area contributed by atoms with E-state index in [1.807, 2.05) is 6.92 Å². The SMILES string of the molecule is Cc1nc2c(sc3nc4c(cc32)COC(C)(C)C4)c(=O)n1C[C@H]1CCCO1. The summed E-state index contributed by atoms with van der Waals surface area (Å²) in [4.78, 5) is 23.7. The van der Waals surface area contributed by atoms with E-state index < -0.39 is 0 Å². The van der Waals surface area contributed by atoms with Gasteiger partial charge < -0.3 is 9.47 Å². The van der Waals surface area contributed by atoms with Gasteiger partial charge in [0.2, 0.25) is 0 Å². The molecule has 1 saturated heterocycles. The summed E-state index contributed by atoms with van der Waals surface area (Å²) in [5, 5.41) is 0.960. The number of rotatable bonds is 2. The number of pyridine rings is 1. The van der Waals surface area contributed by atoms with Crippen molar-refractivity contribution in [2.45, 2.75) is 64.9 Å². The monoisotopic (exact) mass is 385 g/mol. The topological polar surface area (TPSA) is 66.2 Å². The highest BCUT2D eigenvalue weighted by molar-refractivity contribution is 7.25. The summed E-state index contributed by atoms with van der Waals surface area (Å²) in [6, 6.07) is 2.11. The van der Waals surface area contributed by atoms with E-state index >= 15 is 0 Å². The second kappa shape index (κ2) is 6.09. The fraction of sp³-hybridized carbons (Fsp3) is 0.550. The van der Waals surface area contributed by atoms with Crippen LogP contribution in [0.4, 0.5) is 0 Å². The van der Waals surface area contributed by atoms with Gasteiger partial charge >= 0.3 is 0 Å². The first-order valence-electron chi connectivity index (χ1n) is 9.49. The molecule has 0 spiro atoms. The number of hydrogen-bond donors (Lipinski definition) is 0. The van der Waals surface area contributed by atoms with Gasteiger partial charge in [-0.25, -0.2) is 9.97 Å². The normalized spacial score (nSPS) is 21.8. The van der Waals surface area contributed by atoms with Gasteiger partial charge in [-0.1, -0.05) is 0 Å². The minimum atomic E-state index is -0.201. The average molecular weight is 385 g/mol. The van der Waals surface area contributed by atoms with Crippen LogP contribution in [-0.2, 0) is 29.0 Å². The summed E-state index contributed by atoms with van der Waals surface area (Å²) in [6.45, 7) is 7.98. The summed E-state index contributed by atoms with van der Waals surface area (Å²) >= 11 is 1.45. The van der Waals surface area contributed by atoms with Gasteiger partial charge in [-0.3, -0.25) is 9.36 Å². The minimum absolute atomic E-state index is 0.0190. The Morgan fingerprint density at radius 2 is 2.22 bits per heavy atom. The molecule has 0 aliphatic carbocycles. The maximum atomic E-state index is 13.2. The van der Waals surface area contributed by atoms with Gasteiger partial charge in [0.15, 0.2) is 0 Å². The van der Waals surface area contributed by atoms with Crippen molar-refractivity contribution in [1.29, 1.82) is 0 Å². The third-order valence-electron chi connectivity index (χ3n) is 5.55. The number of ether oxygens (including phenoxy) is 2. The van der Waals surface area contributed by atoms with Crippen molar-refractivity contribution < 1.29 is 9.47 Å². The lowest BCUT2D eigenvalue weighted by Gasteiger charge is -2.30. The predicted molar refractivity (Wildman–Crippen MR) is 105 cm³/mol. The quantitative estimate of drug-likeness (QED) is 0.677. The van der Waals surface area contributed by atoms with Crippen molar-refractivity contribution in [1.82, 2.24) is 14.5 Å². The first-order chi connectivity index (χ1) is 12.9. The van der Waals surface area contributed by atoms with Crippen molar-refractivity contribution in [3.8, 4) is 0 Å². The van der Waals surface area contributed by atoms with Crippen LogP contribution in [0.3, 0.4) is 0 Å². The van der Waals surface area contributed by atoms with E-state index in [2.05, 4.69) is 19.9 Å². The molecule has 0 unspecified atom stereocenters. The molecule has 2 aliphatic heterocycles. The van der Waals surface area contributed by atoms with Crippen LogP contribution in [0.25, 0.3) is 20.4 Å². The lowest BCUT2D eigenvalue weighted by atomic mass is 9.95. The number of aryl methyl sites for hydroxylation is 1. The third kappa shape index (κ3) is 2.88. The molecule has 0 bridgehead atoms. The smallest absolute Gasteiger partial charge is 0.271 e. The third-order valence-corrected chi connectivity index (χ3v) is 6.63. The second-order valence-corrected chi connectivity index (χ2v) is 9.16. The molecule has 0 aromatic carbocycles. The van der Waals surface area contributed by atoms with Crippen molar-refractivity contribution >= 4 is 31.8 Å². The first kappa shape index (κ1) is 17.3. The summed E-state index contributed by atoms with van der Waals surface area (Å²) in [5.74, 6) is 0.734. The molecule has 1 fully saturated rings. The van der Waals surface area contributed by atoms with Gasteiger partial charge in [0.1, 0.15) is 15.4 Å². The molecule has 0 N–H and O–H groups in total. The number of thiophene rings is 1. The maximum absolute atomic E-state index is 13.2. The van der Waals surface area contributed by atoms with Gasteiger partial charge in [0, 0.05) is 24.0 Å². The Labute approximate surface area is 161 Å². The molecule has 7 heteroatoms. The Bertz CT molecular complexity index is 1110. The first-order valence-corrected chi connectivity index (χ1v) is 10.3. The summed E-state index contributed by atoms with van der Waals surface area (Å²) in [7, 11) is 0. The molecule has 0 amide bonds. The van der Waals surface area contributed by atoms with Crippen molar-refractivity contribution in [3.63, 3.8) is 0 Å². The largest absolute Gasteiger partial charge is 0.376 e. The van der Waals surface area contributed by atoms with Crippen molar-refractivity contribution in [2.24, 2.45) is 0 Å². The highest BCUT2D eigenvalue weighted by Gasteiger charge is 2.28. The van der Waals surface area contributed by atoms with Crippen LogP contribution < -0.4 is 5.56 Å². The Balaban J connectivity index is 1.66. The number of aromatic nitrogens is 3. The standard InChI is InChI=1S/C20H23N3O3S/c1-11-21-16-14-7-12-10-26-20(2,3)8-15(12)22-18(14)27-17(16)19(24)23(11)9-13-5-4-6-25-13/h7,13H,4-6,8-10H2,1-3H3/t13-/m1/s1. The van der Waals surface area contributed by atoms with E-state index in [0.29, 0.717) is 17.9 Å². The highest BCUT2D eigenvalue weighted by Crippen LogP contribution is 2.34. The predicted octanol–water partition coefficient (Wildman–Crippen LogP) is 3.34. The zero-order chi connectivity index (χ0) is 18.8.